The van der Waals surface area contributed by atoms with Crippen molar-refractivity contribution in [1.82, 2.24) is 25.1 Å². The fourth-order valence-electron chi connectivity index (χ4n) is 8.15. The number of carbonyl (C=O) groups excluding carboxylic acids is 4. The third kappa shape index (κ3) is 9.15. The quantitative estimate of drug-likeness (QED) is 0.268. The van der Waals surface area contributed by atoms with E-state index >= 15 is 0 Å². The molecule has 0 spiro atoms. The Kier molecular flexibility index (Phi) is 12.0. The first-order chi connectivity index (χ1) is 24.7. The third-order valence-electron chi connectivity index (χ3n) is 11.1. The van der Waals surface area contributed by atoms with Crippen molar-refractivity contribution in [3.63, 3.8) is 0 Å². The number of carbonyl (C=O) groups is 4. The zero-order valence-corrected chi connectivity index (χ0v) is 29.4. The number of aromatic hydroxyl groups is 1. The minimum Gasteiger partial charge on any atom is -0.509 e. The minimum atomic E-state index is -1.05. The van der Waals surface area contributed by atoms with Crippen LogP contribution in [0.3, 0.4) is 0 Å². The highest BCUT2D eigenvalue weighted by Crippen LogP contribution is 2.33. The molecule has 0 aromatic heterocycles. The number of para-hydroxylation sites is 1. The number of hydrogen-bond acceptors (Lipinski definition) is 8. The molecule has 13 nitrogen and oxygen atoms in total. The first kappa shape index (κ1) is 36.5. The van der Waals surface area contributed by atoms with Crippen LogP contribution >= 0.6 is 0 Å². The van der Waals surface area contributed by atoms with E-state index in [9.17, 15) is 24.3 Å². The number of anilines is 1. The number of phenols is 1. The lowest BCUT2D eigenvalue weighted by Crippen LogP contribution is -2.52. The lowest BCUT2D eigenvalue weighted by atomic mass is 9.78. The van der Waals surface area contributed by atoms with E-state index < -0.39 is 12.2 Å². The molecule has 3 fully saturated rings. The van der Waals surface area contributed by atoms with Gasteiger partial charge >= 0.3 is 12.1 Å². The van der Waals surface area contributed by atoms with Crippen molar-refractivity contribution in [3.8, 4) is 5.75 Å². The molecule has 51 heavy (non-hydrogen) atoms. The normalized spacial score (nSPS) is 20.3. The number of benzene rings is 2. The molecule has 2 aromatic carbocycles. The molecule has 4 heterocycles. The summed E-state index contributed by atoms with van der Waals surface area (Å²) < 4.78 is 6.00. The van der Waals surface area contributed by atoms with E-state index in [1.54, 1.807) is 17.0 Å². The standard InChI is InChI=1S/C37H49BN6O7/c1-50-40-34(46)24-41-15-8-26(9-16-41)27-10-17-42(18-11-27)35(47)33(23-25-6-7-32(45)30(38)22-25)51-37(49)43-19-13-29(14-20-43)44-21-12-28-4-2-3-5-31(28)39-36(44)48/h2-7,22,26-27,29,33,45H,8-21,23-24H2,1H3,(H,39,48)(H,40,46)/t33-/m1/s1. The molecule has 5 amide bonds. The second kappa shape index (κ2) is 16.8. The molecule has 14 heteroatoms. The highest BCUT2D eigenvalue weighted by atomic mass is 16.6. The number of phenolic OH excluding ortho intramolecular Hbond substituents is 1. The van der Waals surface area contributed by atoms with Crippen LogP contribution in [0, 0.1) is 11.8 Å². The average Bonchev–Trinajstić information content (AvgIpc) is 3.31. The molecule has 3 saturated heterocycles. The number of nitrogens with zero attached hydrogens (tertiary/aromatic N) is 4. The number of ether oxygens (including phenoxy) is 1. The summed E-state index contributed by atoms with van der Waals surface area (Å²) in [6.45, 7) is 4.62. The van der Waals surface area contributed by atoms with E-state index in [4.69, 9.17) is 17.4 Å². The Morgan fingerprint density at radius 3 is 2.27 bits per heavy atom. The Bertz CT molecular complexity index is 1550. The first-order valence-electron chi connectivity index (χ1n) is 18.2. The summed E-state index contributed by atoms with van der Waals surface area (Å²) in [5.41, 5.74) is 5.20. The Morgan fingerprint density at radius 2 is 1.59 bits per heavy atom. The maximum absolute atomic E-state index is 14.0. The van der Waals surface area contributed by atoms with Crippen molar-refractivity contribution in [2.45, 2.75) is 63.5 Å². The van der Waals surface area contributed by atoms with Crippen LogP contribution in [-0.2, 0) is 32.0 Å². The van der Waals surface area contributed by atoms with Crippen molar-refractivity contribution in [1.29, 1.82) is 0 Å². The van der Waals surface area contributed by atoms with Gasteiger partial charge in [0.2, 0.25) is 0 Å². The molecule has 2 radical (unpaired) electrons. The molecular formula is C37H49BN6O7. The van der Waals surface area contributed by atoms with Crippen LogP contribution in [0.2, 0.25) is 0 Å². The number of piperidine rings is 3. The number of hydroxylamine groups is 1. The number of nitrogens with one attached hydrogen (secondary N) is 2. The second-order valence-corrected chi connectivity index (χ2v) is 14.2. The van der Waals surface area contributed by atoms with E-state index in [0.717, 1.165) is 56.4 Å². The topological polar surface area (TPSA) is 144 Å². The summed E-state index contributed by atoms with van der Waals surface area (Å²) in [6, 6.07) is 12.5. The van der Waals surface area contributed by atoms with Gasteiger partial charge in [0.15, 0.2) is 6.10 Å². The monoisotopic (exact) mass is 700 g/mol. The molecule has 3 N–H and O–H groups in total. The second-order valence-electron chi connectivity index (χ2n) is 14.2. The van der Waals surface area contributed by atoms with E-state index in [1.165, 1.54) is 13.2 Å². The van der Waals surface area contributed by atoms with Crippen molar-refractivity contribution in [2.24, 2.45) is 11.8 Å². The van der Waals surface area contributed by atoms with Crippen LogP contribution in [0.15, 0.2) is 42.5 Å². The maximum Gasteiger partial charge on any atom is 0.410 e. The van der Waals surface area contributed by atoms with Crippen LogP contribution in [0.1, 0.15) is 49.7 Å². The van der Waals surface area contributed by atoms with Crippen LogP contribution < -0.4 is 16.3 Å². The summed E-state index contributed by atoms with van der Waals surface area (Å²) >= 11 is 0. The predicted octanol–water partition coefficient (Wildman–Crippen LogP) is 2.42. The molecule has 0 aliphatic carbocycles. The molecule has 2 aromatic rings. The van der Waals surface area contributed by atoms with Gasteiger partial charge in [-0.15, -0.1) is 0 Å². The Labute approximate surface area is 301 Å². The van der Waals surface area contributed by atoms with Gasteiger partial charge in [-0.2, -0.15) is 0 Å². The van der Waals surface area contributed by atoms with E-state index in [1.807, 2.05) is 34.1 Å². The fourth-order valence-corrected chi connectivity index (χ4v) is 8.15. The number of amides is 5. The molecule has 4 aliphatic heterocycles. The lowest BCUT2D eigenvalue weighted by molar-refractivity contribution is -0.142. The Balaban J connectivity index is 1.03. The SMILES string of the molecule is [B]c1cc(C[C@@H](OC(=O)N2CCC(N3CCc4ccccc4NC3=O)CC2)C(=O)N2CCC(C3CCN(CC(=O)NOC)CC3)CC2)ccc1O. The molecule has 0 bridgehead atoms. The number of rotatable bonds is 9. The average molecular weight is 701 g/mol. The third-order valence-corrected chi connectivity index (χ3v) is 11.1. The van der Waals surface area contributed by atoms with Gasteiger partial charge in [0.25, 0.3) is 11.8 Å². The lowest BCUT2D eigenvalue weighted by Gasteiger charge is -2.41. The van der Waals surface area contributed by atoms with Crippen molar-refractivity contribution in [3.05, 3.63) is 53.6 Å². The summed E-state index contributed by atoms with van der Waals surface area (Å²) in [7, 11) is 7.39. The molecular weight excluding hydrogens is 651 g/mol. The number of likely N-dealkylation sites (tertiary alicyclic amines) is 3. The molecule has 272 valence electrons. The molecule has 6 rings (SSSR count). The van der Waals surface area contributed by atoms with Crippen LogP contribution in [0.4, 0.5) is 15.3 Å². The molecule has 0 unspecified atom stereocenters. The van der Waals surface area contributed by atoms with E-state index in [0.29, 0.717) is 69.5 Å². The van der Waals surface area contributed by atoms with Gasteiger partial charge in [0.1, 0.15) is 13.6 Å². The fraction of sp³-hybridized carbons (Fsp3) is 0.568. The van der Waals surface area contributed by atoms with Gasteiger partial charge in [-0.05, 0) is 93.1 Å². The first-order valence-corrected chi connectivity index (χ1v) is 18.2. The van der Waals surface area contributed by atoms with Gasteiger partial charge in [-0.3, -0.25) is 19.3 Å². The van der Waals surface area contributed by atoms with Gasteiger partial charge in [-0.1, -0.05) is 35.8 Å². The van der Waals surface area contributed by atoms with Crippen LogP contribution in [-0.4, -0.2) is 128 Å². The summed E-state index contributed by atoms with van der Waals surface area (Å²) in [6.07, 6.45) is 4.27. The zero-order valence-electron chi connectivity index (χ0n) is 29.4. The summed E-state index contributed by atoms with van der Waals surface area (Å²) in [4.78, 5) is 64.8. The summed E-state index contributed by atoms with van der Waals surface area (Å²) in [5, 5.41) is 13.0. The highest BCUT2D eigenvalue weighted by Gasteiger charge is 2.37. The Morgan fingerprint density at radius 1 is 0.922 bits per heavy atom. The van der Waals surface area contributed by atoms with E-state index in [2.05, 4.69) is 15.7 Å². The molecule has 4 aliphatic rings. The summed E-state index contributed by atoms with van der Waals surface area (Å²) in [5.74, 6) is 0.601. The van der Waals surface area contributed by atoms with Gasteiger partial charge in [-0.25, -0.2) is 15.1 Å². The van der Waals surface area contributed by atoms with Crippen molar-refractivity contribution in [2.75, 3.05) is 64.8 Å². The van der Waals surface area contributed by atoms with Gasteiger partial charge < -0.3 is 29.9 Å². The van der Waals surface area contributed by atoms with Gasteiger partial charge in [0.05, 0.1) is 13.7 Å². The Hall–Kier alpha value is -4.30. The zero-order chi connectivity index (χ0) is 35.9. The smallest absolute Gasteiger partial charge is 0.410 e. The van der Waals surface area contributed by atoms with E-state index in [-0.39, 0.29) is 41.5 Å². The molecule has 1 atom stereocenters. The number of hydrogen-bond donors (Lipinski definition) is 3. The minimum absolute atomic E-state index is 0.00977. The number of urea groups is 1. The number of fused-ring (bicyclic) bond motifs is 1. The molecule has 0 saturated carbocycles. The van der Waals surface area contributed by atoms with Crippen LogP contribution in [0.5, 0.6) is 5.75 Å². The predicted molar refractivity (Wildman–Crippen MR) is 192 cm³/mol. The highest BCUT2D eigenvalue weighted by molar-refractivity contribution is 6.34. The van der Waals surface area contributed by atoms with Crippen molar-refractivity contribution < 1.29 is 33.9 Å². The van der Waals surface area contributed by atoms with Crippen LogP contribution in [0.25, 0.3) is 0 Å². The van der Waals surface area contributed by atoms with Crippen molar-refractivity contribution >= 4 is 42.9 Å². The maximum atomic E-state index is 14.0. The van der Waals surface area contributed by atoms with Gasteiger partial charge in [0, 0.05) is 50.9 Å². The largest absolute Gasteiger partial charge is 0.509 e.